The fourth-order valence-corrected chi connectivity index (χ4v) is 3.43. The molecule has 0 saturated carbocycles. The first-order chi connectivity index (χ1) is 11.1. The highest BCUT2D eigenvalue weighted by atomic mass is 32.2. The van der Waals surface area contributed by atoms with Gasteiger partial charge in [0.15, 0.2) is 4.32 Å². The van der Waals surface area contributed by atoms with Crippen molar-refractivity contribution >= 4 is 46.0 Å². The van der Waals surface area contributed by atoms with E-state index in [1.807, 2.05) is 24.3 Å². The Morgan fingerprint density at radius 2 is 1.78 bits per heavy atom. The van der Waals surface area contributed by atoms with Crippen LogP contribution in [0.4, 0.5) is 10.1 Å². The summed E-state index contributed by atoms with van der Waals surface area (Å²) in [7, 11) is 1.60. The second-order valence-corrected chi connectivity index (χ2v) is 6.44. The van der Waals surface area contributed by atoms with E-state index in [0.29, 0.717) is 14.9 Å². The molecule has 1 saturated heterocycles. The molecule has 0 aromatic heterocycles. The summed E-state index contributed by atoms with van der Waals surface area (Å²) in [5.74, 6) is 0.191. The van der Waals surface area contributed by atoms with Gasteiger partial charge in [0.25, 0.3) is 5.91 Å². The molecule has 3 rings (SSSR count). The number of halogens is 1. The van der Waals surface area contributed by atoms with Gasteiger partial charge in [0.05, 0.1) is 17.7 Å². The van der Waals surface area contributed by atoms with E-state index in [1.54, 1.807) is 13.2 Å². The lowest BCUT2D eigenvalue weighted by atomic mass is 10.2. The van der Waals surface area contributed by atoms with Crippen LogP contribution in [-0.2, 0) is 4.79 Å². The normalized spacial score (nSPS) is 16.3. The van der Waals surface area contributed by atoms with Crippen molar-refractivity contribution in [2.24, 2.45) is 0 Å². The van der Waals surface area contributed by atoms with Crippen LogP contribution in [0.2, 0.25) is 0 Å². The predicted octanol–water partition coefficient (Wildman–Crippen LogP) is 4.24. The van der Waals surface area contributed by atoms with Gasteiger partial charge in [0.2, 0.25) is 0 Å². The maximum atomic E-state index is 13.0. The maximum Gasteiger partial charge on any atom is 0.270 e. The third-order valence-corrected chi connectivity index (χ3v) is 4.59. The molecule has 1 fully saturated rings. The zero-order valence-corrected chi connectivity index (χ0v) is 13.8. The quantitative estimate of drug-likeness (QED) is 0.615. The molecule has 1 amide bonds. The molecule has 6 heteroatoms. The summed E-state index contributed by atoms with van der Waals surface area (Å²) in [5.41, 5.74) is 1.44. The molecule has 0 unspecified atom stereocenters. The van der Waals surface area contributed by atoms with Gasteiger partial charge >= 0.3 is 0 Å². The molecule has 0 atom stereocenters. The number of nitrogens with zero attached hydrogens (tertiary/aromatic N) is 1. The van der Waals surface area contributed by atoms with Crippen molar-refractivity contribution in [1.82, 2.24) is 0 Å². The molecule has 1 aliphatic rings. The number of thioether (sulfide) groups is 1. The molecule has 1 aliphatic heterocycles. The number of hydrogen-bond acceptors (Lipinski definition) is 4. The Labute approximate surface area is 142 Å². The van der Waals surface area contributed by atoms with Crippen LogP contribution in [-0.4, -0.2) is 17.3 Å². The van der Waals surface area contributed by atoms with E-state index in [9.17, 15) is 9.18 Å². The Morgan fingerprint density at radius 3 is 2.39 bits per heavy atom. The highest BCUT2D eigenvalue weighted by Gasteiger charge is 2.33. The molecule has 1 heterocycles. The number of anilines is 1. The van der Waals surface area contributed by atoms with E-state index >= 15 is 0 Å². The smallest absolute Gasteiger partial charge is 0.270 e. The summed E-state index contributed by atoms with van der Waals surface area (Å²) in [6.45, 7) is 0. The molecule has 2 aromatic rings. The van der Waals surface area contributed by atoms with E-state index in [1.165, 1.54) is 40.9 Å². The van der Waals surface area contributed by atoms with Crippen LogP contribution in [0, 0.1) is 5.82 Å². The van der Waals surface area contributed by atoms with E-state index in [-0.39, 0.29) is 11.7 Å². The molecule has 0 bridgehead atoms. The van der Waals surface area contributed by atoms with E-state index in [4.69, 9.17) is 17.0 Å². The minimum Gasteiger partial charge on any atom is -0.497 e. The van der Waals surface area contributed by atoms with Crippen molar-refractivity contribution in [1.29, 1.82) is 0 Å². The van der Waals surface area contributed by atoms with Crippen molar-refractivity contribution in [2.45, 2.75) is 0 Å². The third kappa shape index (κ3) is 3.28. The molecule has 3 nitrogen and oxygen atoms in total. The molecule has 116 valence electrons. The molecule has 0 radical (unpaired) electrons. The van der Waals surface area contributed by atoms with Crippen molar-refractivity contribution in [3.8, 4) is 5.75 Å². The number of thiocarbonyl (C=S) groups is 1. The van der Waals surface area contributed by atoms with Gasteiger partial charge in [-0.15, -0.1) is 0 Å². The first kappa shape index (κ1) is 15.7. The largest absolute Gasteiger partial charge is 0.497 e. The number of carbonyl (C=O) groups excluding carboxylic acids is 1. The highest BCUT2D eigenvalue weighted by molar-refractivity contribution is 8.27. The van der Waals surface area contributed by atoms with E-state index in [0.717, 1.165) is 11.3 Å². The summed E-state index contributed by atoms with van der Waals surface area (Å²) in [5, 5.41) is 0. The van der Waals surface area contributed by atoms with Crippen LogP contribution in [0.15, 0.2) is 53.4 Å². The van der Waals surface area contributed by atoms with Crippen molar-refractivity contribution < 1.29 is 13.9 Å². The standard InChI is InChI=1S/C17H12FNO2S2/c1-21-14-8-2-11(3-9-14)10-15-16(20)19(17(22)23-15)13-6-4-12(18)5-7-13/h2-10H,1H3. The molecule has 0 aliphatic carbocycles. The zero-order valence-electron chi connectivity index (χ0n) is 12.2. The van der Waals surface area contributed by atoms with Crippen LogP contribution in [0.1, 0.15) is 5.56 Å². The first-order valence-corrected chi connectivity index (χ1v) is 7.98. The SMILES string of the molecule is COc1ccc(C=C2SC(=S)N(c3ccc(F)cc3)C2=O)cc1. The van der Waals surface area contributed by atoms with Gasteiger partial charge in [-0.25, -0.2) is 4.39 Å². The molecular formula is C17H12FNO2S2. The van der Waals surface area contributed by atoms with Crippen molar-refractivity contribution in [2.75, 3.05) is 12.0 Å². The number of ether oxygens (including phenoxy) is 1. The van der Waals surface area contributed by atoms with E-state index in [2.05, 4.69) is 0 Å². The van der Waals surface area contributed by atoms with Crippen LogP contribution >= 0.6 is 24.0 Å². The highest BCUT2D eigenvalue weighted by Crippen LogP contribution is 2.36. The molecule has 0 spiro atoms. The zero-order chi connectivity index (χ0) is 16.4. The Balaban J connectivity index is 1.88. The van der Waals surface area contributed by atoms with Gasteiger partial charge in [-0.3, -0.25) is 9.69 Å². The summed E-state index contributed by atoms with van der Waals surface area (Å²) < 4.78 is 18.6. The van der Waals surface area contributed by atoms with Crippen LogP contribution < -0.4 is 9.64 Å². The van der Waals surface area contributed by atoms with Crippen LogP contribution in [0.3, 0.4) is 0 Å². The summed E-state index contributed by atoms with van der Waals surface area (Å²) in [6.07, 6.45) is 1.78. The summed E-state index contributed by atoms with van der Waals surface area (Å²) in [4.78, 5) is 14.5. The lowest BCUT2D eigenvalue weighted by molar-refractivity contribution is -0.113. The van der Waals surface area contributed by atoms with Gasteiger partial charge in [-0.2, -0.15) is 0 Å². The lowest BCUT2D eigenvalue weighted by Gasteiger charge is -2.14. The summed E-state index contributed by atoms with van der Waals surface area (Å²) in [6, 6.07) is 13.1. The first-order valence-electron chi connectivity index (χ1n) is 6.76. The Kier molecular flexibility index (Phi) is 4.45. The van der Waals surface area contributed by atoms with Gasteiger partial charge in [0.1, 0.15) is 11.6 Å². The fraction of sp³-hybridized carbons (Fsp3) is 0.0588. The monoisotopic (exact) mass is 345 g/mol. The summed E-state index contributed by atoms with van der Waals surface area (Å²) >= 11 is 6.51. The van der Waals surface area contributed by atoms with Gasteiger partial charge in [0, 0.05) is 0 Å². The number of benzene rings is 2. The number of amides is 1. The minimum atomic E-state index is -0.354. The number of rotatable bonds is 3. The Bertz CT molecular complexity index is 785. The Morgan fingerprint density at radius 1 is 1.13 bits per heavy atom. The predicted molar refractivity (Wildman–Crippen MR) is 95.0 cm³/mol. The van der Waals surface area contributed by atoms with E-state index < -0.39 is 0 Å². The van der Waals surface area contributed by atoms with Crippen molar-refractivity contribution in [3.05, 3.63) is 64.8 Å². The molecular weight excluding hydrogens is 333 g/mol. The average molecular weight is 345 g/mol. The maximum absolute atomic E-state index is 13.0. The molecule has 2 aromatic carbocycles. The minimum absolute atomic E-state index is 0.206. The Hall–Kier alpha value is -2.18. The fourth-order valence-electron chi connectivity index (χ4n) is 2.13. The number of carbonyl (C=O) groups is 1. The average Bonchev–Trinajstić information content (AvgIpc) is 2.83. The van der Waals surface area contributed by atoms with Gasteiger partial charge in [-0.05, 0) is 48.0 Å². The third-order valence-electron chi connectivity index (χ3n) is 3.29. The van der Waals surface area contributed by atoms with Crippen molar-refractivity contribution in [3.63, 3.8) is 0 Å². The topological polar surface area (TPSA) is 29.5 Å². The second-order valence-electron chi connectivity index (χ2n) is 4.77. The molecule has 0 N–H and O–H groups in total. The number of methoxy groups -OCH3 is 1. The van der Waals surface area contributed by atoms with Crippen LogP contribution in [0.5, 0.6) is 5.75 Å². The lowest BCUT2D eigenvalue weighted by Crippen LogP contribution is -2.27. The van der Waals surface area contributed by atoms with Crippen LogP contribution in [0.25, 0.3) is 6.08 Å². The number of hydrogen-bond donors (Lipinski definition) is 0. The second kappa shape index (κ2) is 6.52. The molecule has 23 heavy (non-hydrogen) atoms. The van der Waals surface area contributed by atoms with Gasteiger partial charge < -0.3 is 4.74 Å². The van der Waals surface area contributed by atoms with Gasteiger partial charge in [-0.1, -0.05) is 36.1 Å².